The Morgan fingerprint density at radius 3 is 2.71 bits per heavy atom. The summed E-state index contributed by atoms with van der Waals surface area (Å²) < 4.78 is 1.80. The first kappa shape index (κ1) is 14.6. The normalized spacial score (nSPS) is 16.2. The summed E-state index contributed by atoms with van der Waals surface area (Å²) in [6.45, 7) is 2.04. The molecule has 3 rings (SSSR count). The van der Waals surface area contributed by atoms with Gasteiger partial charge < -0.3 is 5.11 Å². The van der Waals surface area contributed by atoms with E-state index in [-0.39, 0.29) is 0 Å². The summed E-state index contributed by atoms with van der Waals surface area (Å²) in [6.07, 6.45) is 3.25. The van der Waals surface area contributed by atoms with Gasteiger partial charge in [-0.25, -0.2) is 0 Å². The van der Waals surface area contributed by atoms with E-state index in [2.05, 4.69) is 17.2 Å². The molecule has 21 heavy (non-hydrogen) atoms. The third kappa shape index (κ3) is 2.85. The van der Waals surface area contributed by atoms with E-state index in [1.54, 1.807) is 4.68 Å². The molecule has 2 aromatic rings. The first-order valence-corrected chi connectivity index (χ1v) is 7.96. The van der Waals surface area contributed by atoms with Crippen molar-refractivity contribution in [3.05, 3.63) is 51.8 Å². The number of hydrogen-bond acceptors (Lipinski definition) is 2. The molecule has 1 unspecified atom stereocenters. The summed E-state index contributed by atoms with van der Waals surface area (Å²) in [4.78, 5) is 0. The number of aromatic nitrogens is 2. The van der Waals surface area contributed by atoms with Crippen LogP contribution >= 0.6 is 11.6 Å². The highest BCUT2D eigenvalue weighted by Crippen LogP contribution is 2.43. The third-order valence-electron chi connectivity index (χ3n) is 4.26. The summed E-state index contributed by atoms with van der Waals surface area (Å²) in [7, 11) is 1.89. The molecule has 1 fully saturated rings. The average Bonchev–Trinajstić information content (AvgIpc) is 3.30. The van der Waals surface area contributed by atoms with Crippen LogP contribution in [-0.4, -0.2) is 14.9 Å². The number of nitrogens with zero attached hydrogens (tertiary/aromatic N) is 2. The Balaban J connectivity index is 1.87. The quantitative estimate of drug-likeness (QED) is 0.912. The van der Waals surface area contributed by atoms with Crippen molar-refractivity contribution in [1.82, 2.24) is 9.78 Å². The molecule has 1 N–H and O–H groups in total. The van der Waals surface area contributed by atoms with E-state index in [1.807, 2.05) is 26.1 Å². The Hall–Kier alpha value is -1.32. The van der Waals surface area contributed by atoms with Crippen molar-refractivity contribution in [1.29, 1.82) is 0 Å². The van der Waals surface area contributed by atoms with E-state index in [1.165, 1.54) is 18.4 Å². The number of rotatable bonds is 5. The second-order valence-corrected chi connectivity index (χ2v) is 6.19. The molecule has 1 aliphatic carbocycles. The molecular formula is C17H21ClN2O. The number of aryl methyl sites for hydroxylation is 2. The summed E-state index contributed by atoms with van der Waals surface area (Å²) in [5.41, 5.74) is 4.14. The highest BCUT2D eigenvalue weighted by atomic mass is 35.5. The van der Waals surface area contributed by atoms with Gasteiger partial charge in [-0.1, -0.05) is 42.8 Å². The summed E-state index contributed by atoms with van der Waals surface area (Å²) >= 11 is 6.38. The lowest BCUT2D eigenvalue weighted by molar-refractivity contribution is 0.174. The van der Waals surface area contributed by atoms with E-state index in [0.29, 0.717) is 17.4 Å². The number of aliphatic hydroxyl groups is 1. The molecule has 1 atom stereocenters. The Labute approximate surface area is 130 Å². The van der Waals surface area contributed by atoms with Gasteiger partial charge in [0.1, 0.15) is 0 Å². The topological polar surface area (TPSA) is 38.0 Å². The van der Waals surface area contributed by atoms with Crippen molar-refractivity contribution in [2.24, 2.45) is 7.05 Å². The fourth-order valence-electron chi connectivity index (χ4n) is 2.92. The molecule has 4 heteroatoms. The summed E-state index contributed by atoms with van der Waals surface area (Å²) in [6, 6.07) is 8.21. The zero-order valence-corrected chi connectivity index (χ0v) is 13.3. The maximum Gasteiger partial charge on any atom is 0.0850 e. The van der Waals surface area contributed by atoms with Gasteiger partial charge in [-0.3, -0.25) is 4.68 Å². The van der Waals surface area contributed by atoms with Crippen LogP contribution in [0.2, 0.25) is 5.02 Å². The predicted molar refractivity (Wildman–Crippen MR) is 84.7 cm³/mol. The van der Waals surface area contributed by atoms with Crippen LogP contribution in [0.3, 0.4) is 0 Å². The van der Waals surface area contributed by atoms with Crippen LogP contribution in [0.25, 0.3) is 0 Å². The maximum atomic E-state index is 10.7. The lowest BCUT2D eigenvalue weighted by Gasteiger charge is -2.16. The number of hydrogen-bond donors (Lipinski definition) is 1. The van der Waals surface area contributed by atoms with Crippen molar-refractivity contribution in [2.75, 3.05) is 0 Å². The molecule has 0 spiro atoms. The van der Waals surface area contributed by atoms with Gasteiger partial charge in [-0.05, 0) is 36.3 Å². The van der Waals surface area contributed by atoms with Crippen molar-refractivity contribution in [2.45, 2.75) is 44.6 Å². The minimum absolute atomic E-state index is 0.506. The molecule has 112 valence electrons. The van der Waals surface area contributed by atoms with E-state index in [4.69, 9.17) is 11.6 Å². The van der Waals surface area contributed by atoms with Gasteiger partial charge in [0.15, 0.2) is 0 Å². The number of benzene rings is 1. The van der Waals surface area contributed by atoms with Crippen molar-refractivity contribution < 1.29 is 5.11 Å². The monoisotopic (exact) mass is 304 g/mol. The van der Waals surface area contributed by atoms with Gasteiger partial charge in [0, 0.05) is 13.5 Å². The average molecular weight is 305 g/mol. The number of halogens is 1. The van der Waals surface area contributed by atoms with E-state index >= 15 is 0 Å². The standard InChI is InChI=1S/C17H21ClN2O/c1-3-14-17(18)15(20(2)19-14)10-16(21)13-7-5-4-6-12(13)11-8-9-11/h4-7,11,16,21H,3,8-10H2,1-2H3. The molecular weight excluding hydrogens is 284 g/mol. The molecule has 1 saturated carbocycles. The van der Waals surface area contributed by atoms with Gasteiger partial charge in [-0.2, -0.15) is 5.10 Å². The van der Waals surface area contributed by atoms with Gasteiger partial charge in [0.2, 0.25) is 0 Å². The van der Waals surface area contributed by atoms with Crippen LogP contribution in [0.15, 0.2) is 24.3 Å². The molecule has 0 saturated heterocycles. The molecule has 0 bridgehead atoms. The largest absolute Gasteiger partial charge is 0.388 e. The van der Waals surface area contributed by atoms with Crippen LogP contribution in [0.5, 0.6) is 0 Å². The van der Waals surface area contributed by atoms with Crippen LogP contribution in [0.1, 0.15) is 54.3 Å². The Bertz CT molecular complexity index is 646. The third-order valence-corrected chi connectivity index (χ3v) is 4.70. The zero-order chi connectivity index (χ0) is 15.0. The Morgan fingerprint density at radius 2 is 2.10 bits per heavy atom. The highest BCUT2D eigenvalue weighted by Gasteiger charge is 2.28. The minimum atomic E-state index is -0.528. The second kappa shape index (κ2) is 5.82. The van der Waals surface area contributed by atoms with Gasteiger partial charge in [-0.15, -0.1) is 0 Å². The van der Waals surface area contributed by atoms with Crippen molar-refractivity contribution in [3.63, 3.8) is 0 Å². The molecule has 1 aliphatic rings. The van der Waals surface area contributed by atoms with E-state index in [9.17, 15) is 5.11 Å². The van der Waals surface area contributed by atoms with Gasteiger partial charge in [0.05, 0.1) is 22.5 Å². The Morgan fingerprint density at radius 1 is 1.38 bits per heavy atom. The van der Waals surface area contributed by atoms with Gasteiger partial charge in [0.25, 0.3) is 0 Å². The van der Waals surface area contributed by atoms with Gasteiger partial charge >= 0.3 is 0 Å². The van der Waals surface area contributed by atoms with Crippen LogP contribution < -0.4 is 0 Å². The molecule has 0 radical (unpaired) electrons. The first-order chi connectivity index (χ1) is 10.1. The van der Waals surface area contributed by atoms with E-state index in [0.717, 1.165) is 23.4 Å². The molecule has 0 aliphatic heterocycles. The molecule has 1 aromatic heterocycles. The lowest BCUT2D eigenvalue weighted by atomic mass is 9.96. The second-order valence-electron chi connectivity index (χ2n) is 5.81. The SMILES string of the molecule is CCc1nn(C)c(CC(O)c2ccccc2C2CC2)c1Cl. The van der Waals surface area contributed by atoms with Crippen LogP contribution in [0, 0.1) is 0 Å². The van der Waals surface area contributed by atoms with Crippen molar-refractivity contribution >= 4 is 11.6 Å². The fraction of sp³-hybridized carbons (Fsp3) is 0.471. The smallest absolute Gasteiger partial charge is 0.0850 e. The summed E-state index contributed by atoms with van der Waals surface area (Å²) in [5, 5.41) is 15.8. The summed E-state index contributed by atoms with van der Waals surface area (Å²) in [5.74, 6) is 0.629. The Kier molecular flexibility index (Phi) is 4.05. The van der Waals surface area contributed by atoms with Crippen LogP contribution in [0.4, 0.5) is 0 Å². The maximum absolute atomic E-state index is 10.7. The lowest BCUT2D eigenvalue weighted by Crippen LogP contribution is -2.08. The molecule has 0 amide bonds. The number of aliphatic hydroxyl groups excluding tert-OH is 1. The highest BCUT2D eigenvalue weighted by molar-refractivity contribution is 6.31. The molecule has 1 heterocycles. The van der Waals surface area contributed by atoms with E-state index < -0.39 is 6.10 Å². The minimum Gasteiger partial charge on any atom is -0.388 e. The predicted octanol–water partition coefficient (Wildman–Crippen LogP) is 3.79. The first-order valence-electron chi connectivity index (χ1n) is 7.59. The van der Waals surface area contributed by atoms with Crippen LogP contribution in [-0.2, 0) is 19.9 Å². The fourth-order valence-corrected chi connectivity index (χ4v) is 3.29. The molecule has 1 aromatic carbocycles. The molecule has 3 nitrogen and oxygen atoms in total. The van der Waals surface area contributed by atoms with Crippen molar-refractivity contribution in [3.8, 4) is 0 Å². The zero-order valence-electron chi connectivity index (χ0n) is 12.5.